The first-order valence-corrected chi connectivity index (χ1v) is 7.42. The fraction of sp³-hybridized carbons (Fsp3) is 0.625. The van der Waals surface area contributed by atoms with Crippen LogP contribution in [0.4, 0.5) is 11.4 Å². The summed E-state index contributed by atoms with van der Waals surface area (Å²) >= 11 is 0. The maximum Gasteiger partial charge on any atom is 0.143 e. The van der Waals surface area contributed by atoms with Gasteiger partial charge in [0.1, 0.15) is 5.75 Å². The molecule has 2 aliphatic rings. The molecule has 2 N–H and O–H groups in total. The van der Waals surface area contributed by atoms with Crippen LogP contribution in [-0.4, -0.2) is 20.2 Å². The topological polar surface area (TPSA) is 38.5 Å². The lowest BCUT2D eigenvalue weighted by Gasteiger charge is -2.41. The number of rotatable bonds is 2. The molecule has 0 bridgehead atoms. The van der Waals surface area contributed by atoms with Crippen LogP contribution in [0.15, 0.2) is 18.2 Å². The predicted octanol–water partition coefficient (Wildman–Crippen LogP) is 3.44. The van der Waals surface area contributed by atoms with E-state index in [1.54, 1.807) is 7.11 Å². The first-order chi connectivity index (χ1) is 9.24. The van der Waals surface area contributed by atoms with E-state index in [2.05, 4.69) is 11.0 Å². The van der Waals surface area contributed by atoms with Crippen molar-refractivity contribution < 1.29 is 4.74 Å². The summed E-state index contributed by atoms with van der Waals surface area (Å²) in [6, 6.07) is 6.08. The number of para-hydroxylation sites is 1. The van der Waals surface area contributed by atoms with Crippen molar-refractivity contribution in [3.63, 3.8) is 0 Å². The van der Waals surface area contributed by atoms with Crippen LogP contribution in [0.25, 0.3) is 0 Å². The van der Waals surface area contributed by atoms with Gasteiger partial charge in [-0.05, 0) is 43.2 Å². The van der Waals surface area contributed by atoms with E-state index in [1.807, 2.05) is 12.1 Å². The number of hydrogen-bond donors (Lipinski definition) is 1. The summed E-state index contributed by atoms with van der Waals surface area (Å²) < 4.78 is 5.32. The average molecular weight is 260 g/mol. The summed E-state index contributed by atoms with van der Waals surface area (Å²) in [4.78, 5) is 2.43. The molecular weight excluding hydrogens is 236 g/mol. The van der Waals surface area contributed by atoms with E-state index in [0.717, 1.165) is 30.2 Å². The third-order valence-electron chi connectivity index (χ3n) is 5.09. The lowest BCUT2D eigenvalue weighted by atomic mass is 9.77. The number of benzene rings is 1. The Morgan fingerprint density at radius 2 is 1.79 bits per heavy atom. The summed E-state index contributed by atoms with van der Waals surface area (Å²) in [5, 5.41) is 0. The summed E-state index contributed by atoms with van der Waals surface area (Å²) in [6.45, 7) is 2.27. The van der Waals surface area contributed by atoms with Gasteiger partial charge in [-0.15, -0.1) is 0 Å². The van der Waals surface area contributed by atoms with Crippen LogP contribution in [0.2, 0.25) is 0 Å². The van der Waals surface area contributed by atoms with Gasteiger partial charge in [0.05, 0.1) is 18.5 Å². The molecule has 0 atom stereocenters. The second-order valence-electron chi connectivity index (χ2n) is 6.09. The highest BCUT2D eigenvalue weighted by atomic mass is 16.5. The molecule has 3 heteroatoms. The number of ether oxygens (including phenoxy) is 1. The van der Waals surface area contributed by atoms with Gasteiger partial charge in [0, 0.05) is 13.1 Å². The molecular formula is C16H24N2O. The van der Waals surface area contributed by atoms with Crippen molar-refractivity contribution in [1.82, 2.24) is 0 Å². The summed E-state index contributed by atoms with van der Waals surface area (Å²) in [6.07, 6.45) is 8.39. The number of methoxy groups -OCH3 is 1. The van der Waals surface area contributed by atoms with Crippen LogP contribution in [0.3, 0.4) is 0 Å². The molecule has 1 aliphatic carbocycles. The standard InChI is InChI=1S/C16H24N2O/c1-19-14-6-4-5-13(15(14)17)18-11-9-16(10-12-18)7-2-3-8-16/h4-6H,2-3,7-12,17H2,1H3. The van der Waals surface area contributed by atoms with E-state index in [0.29, 0.717) is 5.41 Å². The molecule has 1 spiro atoms. The quantitative estimate of drug-likeness (QED) is 0.828. The largest absolute Gasteiger partial charge is 0.495 e. The number of hydrogen-bond acceptors (Lipinski definition) is 3. The van der Waals surface area contributed by atoms with Gasteiger partial charge in [-0.2, -0.15) is 0 Å². The Balaban J connectivity index is 1.74. The normalized spacial score (nSPS) is 21.8. The van der Waals surface area contributed by atoms with Crippen LogP contribution in [-0.2, 0) is 0 Å². The van der Waals surface area contributed by atoms with Gasteiger partial charge < -0.3 is 15.4 Å². The Hall–Kier alpha value is -1.38. The van der Waals surface area contributed by atoms with Gasteiger partial charge in [0.2, 0.25) is 0 Å². The molecule has 1 saturated heterocycles. The van der Waals surface area contributed by atoms with E-state index in [1.165, 1.54) is 38.5 Å². The highest BCUT2D eigenvalue weighted by molar-refractivity contribution is 5.74. The summed E-state index contributed by atoms with van der Waals surface area (Å²) in [5.74, 6) is 0.790. The van der Waals surface area contributed by atoms with E-state index in [9.17, 15) is 0 Å². The molecule has 0 aromatic heterocycles. The Morgan fingerprint density at radius 1 is 1.11 bits per heavy atom. The van der Waals surface area contributed by atoms with Gasteiger partial charge in [0.15, 0.2) is 0 Å². The van der Waals surface area contributed by atoms with Gasteiger partial charge in [-0.25, -0.2) is 0 Å². The van der Waals surface area contributed by atoms with Crippen LogP contribution in [0.1, 0.15) is 38.5 Å². The Bertz CT molecular complexity index is 442. The molecule has 1 saturated carbocycles. The molecule has 3 nitrogen and oxygen atoms in total. The van der Waals surface area contributed by atoms with Crippen molar-refractivity contribution in [3.05, 3.63) is 18.2 Å². The predicted molar refractivity (Wildman–Crippen MR) is 79.8 cm³/mol. The number of nitrogen functional groups attached to an aromatic ring is 1. The van der Waals surface area contributed by atoms with Crippen molar-refractivity contribution >= 4 is 11.4 Å². The zero-order chi connectivity index (χ0) is 13.3. The molecule has 2 fully saturated rings. The molecule has 3 rings (SSSR count). The Morgan fingerprint density at radius 3 is 2.42 bits per heavy atom. The molecule has 19 heavy (non-hydrogen) atoms. The monoisotopic (exact) mass is 260 g/mol. The molecule has 1 heterocycles. The van der Waals surface area contributed by atoms with Gasteiger partial charge >= 0.3 is 0 Å². The van der Waals surface area contributed by atoms with Crippen molar-refractivity contribution in [3.8, 4) is 5.75 Å². The number of nitrogens with two attached hydrogens (primary N) is 1. The van der Waals surface area contributed by atoms with E-state index < -0.39 is 0 Å². The first kappa shape index (κ1) is 12.6. The fourth-order valence-corrected chi connectivity index (χ4v) is 3.83. The van der Waals surface area contributed by atoms with Crippen molar-refractivity contribution in [2.24, 2.45) is 5.41 Å². The fourth-order valence-electron chi connectivity index (χ4n) is 3.83. The lowest BCUT2D eigenvalue weighted by molar-refractivity contribution is 0.226. The second-order valence-corrected chi connectivity index (χ2v) is 6.09. The van der Waals surface area contributed by atoms with Crippen LogP contribution in [0.5, 0.6) is 5.75 Å². The molecule has 1 aliphatic heterocycles. The molecule has 1 aromatic carbocycles. The number of piperidine rings is 1. The van der Waals surface area contributed by atoms with Crippen LogP contribution < -0.4 is 15.4 Å². The number of nitrogens with zero attached hydrogens (tertiary/aromatic N) is 1. The third kappa shape index (κ3) is 2.26. The van der Waals surface area contributed by atoms with E-state index >= 15 is 0 Å². The minimum absolute atomic E-state index is 0.657. The highest BCUT2D eigenvalue weighted by Gasteiger charge is 2.37. The maximum absolute atomic E-state index is 6.20. The number of anilines is 2. The zero-order valence-corrected chi connectivity index (χ0v) is 11.8. The summed E-state index contributed by atoms with van der Waals surface area (Å²) in [7, 11) is 1.68. The van der Waals surface area contributed by atoms with Crippen molar-refractivity contribution in [2.75, 3.05) is 30.8 Å². The molecule has 104 valence electrons. The Kier molecular flexibility index (Phi) is 3.29. The van der Waals surface area contributed by atoms with Crippen molar-refractivity contribution in [1.29, 1.82) is 0 Å². The van der Waals surface area contributed by atoms with Crippen molar-refractivity contribution in [2.45, 2.75) is 38.5 Å². The minimum Gasteiger partial charge on any atom is -0.495 e. The molecule has 1 aromatic rings. The first-order valence-electron chi connectivity index (χ1n) is 7.42. The highest BCUT2D eigenvalue weighted by Crippen LogP contribution is 2.47. The van der Waals surface area contributed by atoms with Gasteiger partial charge in [0.25, 0.3) is 0 Å². The minimum atomic E-state index is 0.657. The third-order valence-corrected chi connectivity index (χ3v) is 5.09. The summed E-state index contributed by atoms with van der Waals surface area (Å²) in [5.41, 5.74) is 8.79. The SMILES string of the molecule is COc1cccc(N2CCC3(CCCC3)CC2)c1N. The zero-order valence-electron chi connectivity index (χ0n) is 11.8. The van der Waals surface area contributed by atoms with Crippen LogP contribution in [0, 0.1) is 5.41 Å². The lowest BCUT2D eigenvalue weighted by Crippen LogP contribution is -2.39. The smallest absolute Gasteiger partial charge is 0.143 e. The Labute approximate surface area is 115 Å². The van der Waals surface area contributed by atoms with Gasteiger partial charge in [-0.3, -0.25) is 0 Å². The molecule has 0 radical (unpaired) electrons. The molecule has 0 unspecified atom stereocenters. The molecule has 0 amide bonds. The van der Waals surface area contributed by atoms with E-state index in [-0.39, 0.29) is 0 Å². The second kappa shape index (κ2) is 4.95. The van der Waals surface area contributed by atoms with E-state index in [4.69, 9.17) is 10.5 Å². The maximum atomic E-state index is 6.20. The van der Waals surface area contributed by atoms with Crippen LogP contribution >= 0.6 is 0 Å². The van der Waals surface area contributed by atoms with Gasteiger partial charge in [-0.1, -0.05) is 18.9 Å². The average Bonchev–Trinajstić information content (AvgIpc) is 2.89.